The Morgan fingerprint density at radius 2 is 2.06 bits per heavy atom. The van der Waals surface area contributed by atoms with Crippen LogP contribution < -0.4 is 0 Å². The Balaban J connectivity index is 2.12. The van der Waals surface area contributed by atoms with Gasteiger partial charge < -0.3 is 0 Å². The second kappa shape index (κ2) is 5.90. The molecule has 1 fully saturated rings. The lowest BCUT2D eigenvalue weighted by Crippen LogP contribution is -2.37. The van der Waals surface area contributed by atoms with Crippen molar-refractivity contribution in [1.82, 2.24) is 4.90 Å². The van der Waals surface area contributed by atoms with Gasteiger partial charge in [0.2, 0.25) is 0 Å². The van der Waals surface area contributed by atoms with E-state index >= 15 is 0 Å². The van der Waals surface area contributed by atoms with E-state index in [0.29, 0.717) is 22.5 Å². The van der Waals surface area contributed by atoms with Gasteiger partial charge in [0.05, 0.1) is 9.40 Å². The van der Waals surface area contributed by atoms with E-state index in [4.69, 9.17) is 0 Å². The normalized spacial score (nSPS) is 17.8. The summed E-state index contributed by atoms with van der Waals surface area (Å²) in [6.07, 6.45) is 0. The average molecular weight is 333 g/mol. The fourth-order valence-corrected chi connectivity index (χ4v) is 3.57. The summed E-state index contributed by atoms with van der Waals surface area (Å²) in [5.41, 5.74) is 0.991. The van der Waals surface area contributed by atoms with E-state index in [2.05, 4.69) is 20.8 Å². The summed E-state index contributed by atoms with van der Waals surface area (Å²) in [5, 5.41) is 10.8. The van der Waals surface area contributed by atoms with Gasteiger partial charge in [0.1, 0.15) is 0 Å². The monoisotopic (exact) mass is 332 g/mol. The van der Waals surface area contributed by atoms with Crippen molar-refractivity contribution in [3.8, 4) is 0 Å². The van der Waals surface area contributed by atoms with Gasteiger partial charge in [-0.25, -0.2) is 0 Å². The van der Waals surface area contributed by atoms with Crippen molar-refractivity contribution in [2.45, 2.75) is 6.54 Å². The van der Waals surface area contributed by atoms with Crippen LogP contribution in [-0.2, 0) is 17.3 Å². The van der Waals surface area contributed by atoms with Crippen molar-refractivity contribution in [1.29, 1.82) is 0 Å². The van der Waals surface area contributed by atoms with Crippen molar-refractivity contribution in [3.63, 3.8) is 0 Å². The largest absolute Gasteiger partial charge is 0.297 e. The van der Waals surface area contributed by atoms with E-state index in [1.165, 1.54) is 6.07 Å². The summed E-state index contributed by atoms with van der Waals surface area (Å²) < 4.78 is 11.8. The molecule has 1 saturated heterocycles. The van der Waals surface area contributed by atoms with Crippen molar-refractivity contribution < 1.29 is 9.13 Å². The van der Waals surface area contributed by atoms with Crippen molar-refractivity contribution in [2.75, 3.05) is 24.6 Å². The predicted molar refractivity (Wildman–Crippen MR) is 73.9 cm³/mol. The summed E-state index contributed by atoms with van der Waals surface area (Å²) in [5.74, 6) is 1.37. The molecule has 0 aromatic heterocycles. The molecule has 7 heteroatoms. The zero-order chi connectivity index (χ0) is 13.1. The third-order valence-electron chi connectivity index (χ3n) is 2.92. The van der Waals surface area contributed by atoms with Gasteiger partial charge in [0, 0.05) is 48.0 Å². The third-order valence-corrected chi connectivity index (χ3v) is 5.11. The van der Waals surface area contributed by atoms with Crippen LogP contribution in [0.15, 0.2) is 22.7 Å². The second-order valence-electron chi connectivity index (χ2n) is 4.13. The highest BCUT2D eigenvalue weighted by Gasteiger charge is 2.19. The predicted octanol–water partition coefficient (Wildman–Crippen LogP) is 1.92. The van der Waals surface area contributed by atoms with Gasteiger partial charge in [-0.1, -0.05) is 12.1 Å². The Bertz CT molecular complexity index is 485. The highest BCUT2D eigenvalue weighted by atomic mass is 79.9. The molecule has 0 unspecified atom stereocenters. The highest BCUT2D eigenvalue weighted by molar-refractivity contribution is 9.10. The quantitative estimate of drug-likeness (QED) is 0.626. The van der Waals surface area contributed by atoms with Crippen LogP contribution in [0.25, 0.3) is 0 Å². The molecule has 0 atom stereocenters. The molecule has 0 aliphatic carbocycles. The lowest BCUT2D eigenvalue weighted by atomic mass is 10.2. The minimum Gasteiger partial charge on any atom is -0.297 e. The molecule has 0 radical (unpaired) electrons. The van der Waals surface area contributed by atoms with E-state index in [1.807, 2.05) is 6.07 Å². The number of hydrogen-bond acceptors (Lipinski definition) is 4. The second-order valence-corrected chi connectivity index (χ2v) is 6.62. The van der Waals surface area contributed by atoms with Crippen molar-refractivity contribution in [2.24, 2.45) is 0 Å². The molecule has 1 aromatic rings. The molecular weight excluding hydrogens is 320 g/mol. The van der Waals surface area contributed by atoms with Gasteiger partial charge in [-0.15, -0.1) is 0 Å². The molecule has 0 amide bonds. The number of benzene rings is 1. The van der Waals surface area contributed by atoms with Gasteiger partial charge in [-0.05, 0) is 21.5 Å². The highest BCUT2D eigenvalue weighted by Crippen LogP contribution is 2.29. The molecule has 0 saturated carbocycles. The van der Waals surface area contributed by atoms with Crippen molar-refractivity contribution in [3.05, 3.63) is 38.3 Å². The number of nitro groups is 1. The Hall–Kier alpha value is -0.790. The first-order valence-electron chi connectivity index (χ1n) is 5.57. The molecule has 0 N–H and O–H groups in total. The topological polar surface area (TPSA) is 63.5 Å². The molecule has 1 aliphatic heterocycles. The summed E-state index contributed by atoms with van der Waals surface area (Å²) in [6.45, 7) is 2.21. The van der Waals surface area contributed by atoms with Crippen LogP contribution in [0.4, 0.5) is 5.69 Å². The van der Waals surface area contributed by atoms with Gasteiger partial charge in [-0.3, -0.25) is 19.2 Å². The third kappa shape index (κ3) is 3.15. The summed E-state index contributed by atoms with van der Waals surface area (Å²) in [6, 6.07) is 5.06. The molecule has 18 heavy (non-hydrogen) atoms. The summed E-state index contributed by atoms with van der Waals surface area (Å²) in [7, 11) is -0.698. The first kappa shape index (κ1) is 13.6. The number of rotatable bonds is 3. The number of halogens is 1. The molecule has 98 valence electrons. The Morgan fingerprint density at radius 3 is 2.67 bits per heavy atom. The van der Waals surface area contributed by atoms with Gasteiger partial charge in [0.15, 0.2) is 0 Å². The molecule has 1 aromatic carbocycles. The smallest absolute Gasteiger partial charge is 0.283 e. The van der Waals surface area contributed by atoms with Gasteiger partial charge in [-0.2, -0.15) is 0 Å². The van der Waals surface area contributed by atoms with Crippen LogP contribution in [0.3, 0.4) is 0 Å². The van der Waals surface area contributed by atoms with Crippen LogP contribution >= 0.6 is 15.9 Å². The Morgan fingerprint density at radius 1 is 1.39 bits per heavy atom. The van der Waals surface area contributed by atoms with E-state index < -0.39 is 15.7 Å². The number of nitro benzene ring substituents is 1. The van der Waals surface area contributed by atoms with E-state index in [9.17, 15) is 14.3 Å². The molecule has 1 heterocycles. The first-order chi connectivity index (χ1) is 8.58. The van der Waals surface area contributed by atoms with Crippen LogP contribution in [0, 0.1) is 10.1 Å². The Labute approximate surface area is 116 Å². The maximum atomic E-state index is 11.3. The molecule has 5 nitrogen and oxygen atoms in total. The summed E-state index contributed by atoms with van der Waals surface area (Å²) >= 11 is 3.29. The SMILES string of the molecule is O=[N+]([O-])c1cccc(CN2CCS(=O)CC2)c1Br. The molecule has 1 aliphatic rings. The minimum atomic E-state index is -0.698. The van der Waals surface area contributed by atoms with Gasteiger partial charge >= 0.3 is 0 Å². The number of nitrogens with zero attached hydrogens (tertiary/aromatic N) is 2. The molecule has 0 spiro atoms. The van der Waals surface area contributed by atoms with E-state index in [-0.39, 0.29) is 5.69 Å². The average Bonchev–Trinajstić information content (AvgIpc) is 2.34. The zero-order valence-corrected chi connectivity index (χ0v) is 12.1. The van der Waals surface area contributed by atoms with Crippen LogP contribution in [0.2, 0.25) is 0 Å². The molecular formula is C11H13BrN2O3S. The van der Waals surface area contributed by atoms with E-state index in [0.717, 1.165) is 18.7 Å². The standard InChI is InChI=1S/C11H13BrN2O3S/c12-11-9(2-1-3-10(11)14(15)16)8-13-4-6-18(17)7-5-13/h1-3H,4-8H2. The zero-order valence-electron chi connectivity index (χ0n) is 9.67. The maximum Gasteiger partial charge on any atom is 0.283 e. The minimum absolute atomic E-state index is 0.0908. The maximum absolute atomic E-state index is 11.3. The van der Waals surface area contributed by atoms with E-state index in [1.54, 1.807) is 6.07 Å². The van der Waals surface area contributed by atoms with Gasteiger partial charge in [0.25, 0.3) is 5.69 Å². The summed E-state index contributed by atoms with van der Waals surface area (Å²) in [4.78, 5) is 12.6. The first-order valence-corrected chi connectivity index (χ1v) is 7.85. The fraction of sp³-hybridized carbons (Fsp3) is 0.455. The lowest BCUT2D eigenvalue weighted by Gasteiger charge is -2.26. The molecule has 0 bridgehead atoms. The van der Waals surface area contributed by atoms with Crippen LogP contribution in [0.5, 0.6) is 0 Å². The Kier molecular flexibility index (Phi) is 4.47. The molecule has 2 rings (SSSR count). The van der Waals surface area contributed by atoms with Crippen LogP contribution in [-0.4, -0.2) is 38.6 Å². The van der Waals surface area contributed by atoms with Crippen molar-refractivity contribution >= 4 is 32.4 Å². The number of hydrogen-bond donors (Lipinski definition) is 0. The van der Waals surface area contributed by atoms with Crippen LogP contribution in [0.1, 0.15) is 5.56 Å². The lowest BCUT2D eigenvalue weighted by molar-refractivity contribution is -0.385. The fourth-order valence-electron chi connectivity index (χ4n) is 1.90.